The van der Waals surface area contributed by atoms with Gasteiger partial charge in [-0.25, -0.2) is 0 Å². The zero-order chi connectivity index (χ0) is 15.9. The highest BCUT2D eigenvalue weighted by Crippen LogP contribution is 2.15. The van der Waals surface area contributed by atoms with E-state index in [1.165, 1.54) is 29.8 Å². The summed E-state index contributed by atoms with van der Waals surface area (Å²) in [5.41, 5.74) is 7.65. The second-order valence-electron chi connectivity index (χ2n) is 5.90. The molecule has 0 radical (unpaired) electrons. The first-order valence-electron chi connectivity index (χ1n) is 8.00. The van der Waals surface area contributed by atoms with Crippen LogP contribution in [0.15, 0.2) is 23.3 Å². The van der Waals surface area contributed by atoms with E-state index in [0.29, 0.717) is 5.11 Å². The lowest BCUT2D eigenvalue weighted by molar-refractivity contribution is 0.275. The van der Waals surface area contributed by atoms with E-state index in [-0.39, 0.29) is 0 Å². The van der Waals surface area contributed by atoms with Crippen molar-refractivity contribution in [3.05, 3.63) is 29.3 Å². The summed E-state index contributed by atoms with van der Waals surface area (Å²) in [5, 5.41) is 8.22. The molecule has 0 aliphatic carbocycles. The predicted octanol–water partition coefficient (Wildman–Crippen LogP) is 3.45. The van der Waals surface area contributed by atoms with Crippen LogP contribution in [-0.2, 0) is 0 Å². The fraction of sp³-hybridized carbons (Fsp3) is 0.529. The van der Waals surface area contributed by atoms with Crippen LogP contribution in [0.5, 0.6) is 0 Å². The number of hydrogen-bond acceptors (Lipinski definition) is 3. The maximum absolute atomic E-state index is 5.32. The van der Waals surface area contributed by atoms with Crippen LogP contribution in [0.1, 0.15) is 37.3 Å². The third kappa shape index (κ3) is 5.07. The van der Waals surface area contributed by atoms with Crippen LogP contribution < -0.4 is 10.7 Å². The van der Waals surface area contributed by atoms with Crippen molar-refractivity contribution in [2.75, 3.05) is 25.0 Å². The third-order valence-electron chi connectivity index (χ3n) is 3.92. The monoisotopic (exact) mass is 318 g/mol. The molecule has 1 aromatic carbocycles. The van der Waals surface area contributed by atoms with Crippen molar-refractivity contribution >= 4 is 28.7 Å². The van der Waals surface area contributed by atoms with E-state index in [1.807, 2.05) is 0 Å². The average molecular weight is 318 g/mol. The largest absolute Gasteiger partial charge is 0.331 e. The second-order valence-corrected chi connectivity index (χ2v) is 6.31. The summed E-state index contributed by atoms with van der Waals surface area (Å²) in [6, 6.07) is 6.27. The molecule has 2 rings (SSSR count). The molecule has 1 aromatic rings. The molecule has 0 unspecified atom stereocenters. The van der Waals surface area contributed by atoms with Crippen LogP contribution in [0.4, 0.5) is 5.69 Å². The standard InChI is InChI=1S/C17H26N4S/c1-4-9-21-10-7-15(8-11-21)19-20-17(22)18-16-6-5-13(2)12-14(16)3/h5-6,12H,4,7-11H2,1-3H3,(H2,18,20,22). The van der Waals surface area contributed by atoms with Crippen LogP contribution in [0.25, 0.3) is 0 Å². The zero-order valence-electron chi connectivity index (χ0n) is 13.8. The summed E-state index contributed by atoms with van der Waals surface area (Å²) in [5.74, 6) is 0. The molecule has 2 N–H and O–H groups in total. The topological polar surface area (TPSA) is 39.7 Å². The summed E-state index contributed by atoms with van der Waals surface area (Å²) in [4.78, 5) is 2.49. The molecule has 1 fully saturated rings. The van der Waals surface area contributed by atoms with Gasteiger partial charge in [0.2, 0.25) is 0 Å². The van der Waals surface area contributed by atoms with Crippen molar-refractivity contribution in [3.8, 4) is 0 Å². The molecule has 1 saturated heterocycles. The van der Waals surface area contributed by atoms with Gasteiger partial charge in [-0.15, -0.1) is 0 Å². The number of aryl methyl sites for hydroxylation is 2. The number of piperidine rings is 1. The van der Waals surface area contributed by atoms with Crippen molar-refractivity contribution in [1.82, 2.24) is 10.3 Å². The van der Waals surface area contributed by atoms with Crippen LogP contribution >= 0.6 is 12.2 Å². The molecular weight excluding hydrogens is 292 g/mol. The van der Waals surface area contributed by atoms with Crippen LogP contribution in [0.2, 0.25) is 0 Å². The van der Waals surface area contributed by atoms with Crippen LogP contribution in [0.3, 0.4) is 0 Å². The Labute approximate surface area is 139 Å². The minimum Gasteiger partial charge on any atom is -0.331 e. The number of hydrogen-bond donors (Lipinski definition) is 2. The van der Waals surface area contributed by atoms with E-state index >= 15 is 0 Å². The molecule has 1 heterocycles. The van der Waals surface area contributed by atoms with Crippen molar-refractivity contribution in [1.29, 1.82) is 0 Å². The Morgan fingerprint density at radius 3 is 2.64 bits per heavy atom. The van der Waals surface area contributed by atoms with Gasteiger partial charge in [0.25, 0.3) is 0 Å². The number of benzene rings is 1. The highest BCUT2D eigenvalue weighted by Gasteiger charge is 2.14. The molecule has 4 nitrogen and oxygen atoms in total. The molecule has 0 amide bonds. The average Bonchev–Trinajstić information content (AvgIpc) is 2.50. The van der Waals surface area contributed by atoms with E-state index < -0.39 is 0 Å². The van der Waals surface area contributed by atoms with Crippen LogP contribution in [0, 0.1) is 13.8 Å². The number of hydrazone groups is 1. The van der Waals surface area contributed by atoms with Gasteiger partial charge in [0, 0.05) is 37.3 Å². The molecule has 1 aliphatic rings. The molecule has 5 heteroatoms. The Morgan fingerprint density at radius 1 is 1.27 bits per heavy atom. The van der Waals surface area contributed by atoms with Gasteiger partial charge in [-0.1, -0.05) is 24.6 Å². The van der Waals surface area contributed by atoms with E-state index in [1.54, 1.807) is 0 Å². The summed E-state index contributed by atoms with van der Waals surface area (Å²) in [6.45, 7) is 9.78. The van der Waals surface area contributed by atoms with Crippen molar-refractivity contribution in [3.63, 3.8) is 0 Å². The molecule has 22 heavy (non-hydrogen) atoms. The van der Waals surface area contributed by atoms with Gasteiger partial charge >= 0.3 is 0 Å². The number of rotatable bonds is 4. The molecule has 0 saturated carbocycles. The number of likely N-dealkylation sites (tertiary alicyclic amines) is 1. The fourth-order valence-corrected chi connectivity index (χ4v) is 2.85. The Morgan fingerprint density at radius 2 is 2.00 bits per heavy atom. The first kappa shape index (κ1) is 16.9. The zero-order valence-corrected chi connectivity index (χ0v) is 14.6. The van der Waals surface area contributed by atoms with Crippen molar-refractivity contribution in [2.45, 2.75) is 40.0 Å². The van der Waals surface area contributed by atoms with E-state index in [9.17, 15) is 0 Å². The minimum absolute atomic E-state index is 0.551. The van der Waals surface area contributed by atoms with Crippen LogP contribution in [-0.4, -0.2) is 35.4 Å². The summed E-state index contributed by atoms with van der Waals surface area (Å²) in [7, 11) is 0. The lowest BCUT2D eigenvalue weighted by Crippen LogP contribution is -2.35. The number of thiocarbonyl (C=S) groups is 1. The quantitative estimate of drug-likeness (QED) is 0.659. The number of anilines is 1. The first-order valence-corrected chi connectivity index (χ1v) is 8.41. The number of nitrogens with zero attached hydrogens (tertiary/aromatic N) is 2. The van der Waals surface area contributed by atoms with Gasteiger partial charge < -0.3 is 10.2 Å². The minimum atomic E-state index is 0.551. The van der Waals surface area contributed by atoms with Gasteiger partial charge in [0.1, 0.15) is 0 Å². The normalized spacial score (nSPS) is 15.5. The Bertz CT molecular complexity index is 544. The van der Waals surface area contributed by atoms with Gasteiger partial charge in [-0.2, -0.15) is 5.10 Å². The fourth-order valence-electron chi connectivity index (χ4n) is 2.70. The van der Waals surface area contributed by atoms with E-state index in [2.05, 4.69) is 59.7 Å². The first-order chi connectivity index (χ1) is 10.6. The van der Waals surface area contributed by atoms with Gasteiger partial charge in [-0.05, 0) is 50.7 Å². The summed E-state index contributed by atoms with van der Waals surface area (Å²) < 4.78 is 0. The highest BCUT2D eigenvalue weighted by atomic mass is 32.1. The van der Waals surface area contributed by atoms with Crippen molar-refractivity contribution in [2.24, 2.45) is 5.10 Å². The maximum atomic E-state index is 5.32. The Hall–Kier alpha value is -1.46. The highest BCUT2D eigenvalue weighted by molar-refractivity contribution is 7.80. The van der Waals surface area contributed by atoms with Gasteiger partial charge in [0.15, 0.2) is 5.11 Å². The molecule has 0 atom stereocenters. The molecule has 1 aliphatic heterocycles. The smallest absolute Gasteiger partial charge is 0.191 e. The summed E-state index contributed by atoms with van der Waals surface area (Å²) in [6.07, 6.45) is 3.27. The van der Waals surface area contributed by atoms with Gasteiger partial charge in [0.05, 0.1) is 0 Å². The van der Waals surface area contributed by atoms with Crippen molar-refractivity contribution < 1.29 is 0 Å². The second kappa shape index (κ2) is 8.25. The van der Waals surface area contributed by atoms with E-state index in [0.717, 1.165) is 31.6 Å². The number of nitrogens with one attached hydrogen (secondary N) is 2. The lowest BCUT2D eigenvalue weighted by Gasteiger charge is -2.26. The summed E-state index contributed by atoms with van der Waals surface area (Å²) >= 11 is 5.32. The van der Waals surface area contributed by atoms with E-state index in [4.69, 9.17) is 12.2 Å². The molecular formula is C17H26N4S. The Kier molecular flexibility index (Phi) is 6.34. The molecule has 120 valence electrons. The Balaban J connectivity index is 1.81. The molecule has 0 bridgehead atoms. The molecule has 0 spiro atoms. The third-order valence-corrected chi connectivity index (χ3v) is 4.11. The van der Waals surface area contributed by atoms with Gasteiger partial charge in [-0.3, -0.25) is 5.43 Å². The molecule has 0 aromatic heterocycles. The predicted molar refractivity (Wildman–Crippen MR) is 98.7 cm³/mol. The SMILES string of the molecule is CCCN1CCC(=NNC(=S)Nc2ccc(C)cc2C)CC1. The lowest BCUT2D eigenvalue weighted by atomic mass is 10.1. The maximum Gasteiger partial charge on any atom is 0.191 e.